The number of ether oxygens (including phenoxy) is 3. The Hall–Kier alpha value is 0.190. The van der Waals surface area contributed by atoms with Gasteiger partial charge in [0.2, 0.25) is 0 Å². The lowest BCUT2D eigenvalue weighted by atomic mass is 9.90. The Bertz CT molecular complexity index is 204. The largest absolute Gasteiger partial charge is 0.379 e. The summed E-state index contributed by atoms with van der Waals surface area (Å²) in [7, 11) is 0. The van der Waals surface area contributed by atoms with Gasteiger partial charge in [0.1, 0.15) is 0 Å². The Morgan fingerprint density at radius 3 is 2.00 bits per heavy atom. The molecule has 0 radical (unpaired) electrons. The highest BCUT2D eigenvalue weighted by atomic mass is 32.1. The van der Waals surface area contributed by atoms with E-state index >= 15 is 0 Å². The summed E-state index contributed by atoms with van der Waals surface area (Å²) in [6.07, 6.45) is 2.23. The Labute approximate surface area is 130 Å². The molecular weight excluding hydrogens is 274 g/mol. The second-order valence-corrected chi connectivity index (χ2v) is 5.93. The summed E-state index contributed by atoms with van der Waals surface area (Å²) in [5, 5.41) is 3.20. The zero-order valence-corrected chi connectivity index (χ0v) is 14.3. The van der Waals surface area contributed by atoms with E-state index in [2.05, 4.69) is 38.7 Å². The maximum atomic E-state index is 5.53. The number of hydrogen-bond acceptors (Lipinski definition) is 5. The molecule has 0 bridgehead atoms. The Kier molecular flexibility index (Phi) is 14.3. The quantitative estimate of drug-likeness (QED) is 0.360. The van der Waals surface area contributed by atoms with Gasteiger partial charge >= 0.3 is 0 Å². The van der Waals surface area contributed by atoms with Crippen molar-refractivity contribution in [2.24, 2.45) is 5.41 Å². The third-order valence-corrected chi connectivity index (χ3v) is 3.84. The minimum Gasteiger partial charge on any atom is -0.379 e. The first kappa shape index (κ1) is 20.2. The standard InChI is InChI=1S/C15H33NO3S/c1-4-16-7-9-18-11-13-19-12-10-17-8-5-6-15(2,3)14-20/h16,20H,4-14H2,1-3H3. The van der Waals surface area contributed by atoms with E-state index in [9.17, 15) is 0 Å². The van der Waals surface area contributed by atoms with Gasteiger partial charge in [0.25, 0.3) is 0 Å². The highest BCUT2D eigenvalue weighted by molar-refractivity contribution is 7.80. The smallest absolute Gasteiger partial charge is 0.0701 e. The predicted octanol–water partition coefficient (Wildman–Crippen LogP) is 2.38. The lowest BCUT2D eigenvalue weighted by molar-refractivity contribution is 0.0136. The van der Waals surface area contributed by atoms with E-state index in [0.717, 1.165) is 44.9 Å². The number of nitrogens with one attached hydrogen (secondary N) is 1. The Balaban J connectivity index is 3.06. The second kappa shape index (κ2) is 14.1. The summed E-state index contributed by atoms with van der Waals surface area (Å²) in [5.41, 5.74) is 0.312. The molecule has 122 valence electrons. The monoisotopic (exact) mass is 307 g/mol. The normalized spacial score (nSPS) is 12.0. The molecule has 0 saturated carbocycles. The SMILES string of the molecule is CCNCCOCCOCCOCCCC(C)(C)CS. The van der Waals surface area contributed by atoms with Crippen molar-refractivity contribution in [3.05, 3.63) is 0 Å². The molecule has 5 heteroatoms. The topological polar surface area (TPSA) is 39.7 Å². The van der Waals surface area contributed by atoms with Crippen LogP contribution in [0.2, 0.25) is 0 Å². The van der Waals surface area contributed by atoms with Crippen LogP contribution in [0.5, 0.6) is 0 Å². The molecule has 0 fully saturated rings. The first-order valence-electron chi connectivity index (χ1n) is 7.67. The van der Waals surface area contributed by atoms with Crippen LogP contribution in [0, 0.1) is 5.41 Å². The van der Waals surface area contributed by atoms with Crippen LogP contribution in [-0.2, 0) is 14.2 Å². The van der Waals surface area contributed by atoms with Crippen molar-refractivity contribution in [3.8, 4) is 0 Å². The lowest BCUT2D eigenvalue weighted by Crippen LogP contribution is -2.20. The molecule has 0 unspecified atom stereocenters. The van der Waals surface area contributed by atoms with Crippen molar-refractivity contribution >= 4 is 12.6 Å². The molecule has 20 heavy (non-hydrogen) atoms. The number of likely N-dealkylation sites (N-methyl/N-ethyl adjacent to an activating group) is 1. The van der Waals surface area contributed by atoms with Crippen LogP contribution in [0.25, 0.3) is 0 Å². The van der Waals surface area contributed by atoms with E-state index in [4.69, 9.17) is 14.2 Å². The van der Waals surface area contributed by atoms with Crippen LogP contribution in [0.4, 0.5) is 0 Å². The molecule has 0 rings (SSSR count). The molecule has 0 spiro atoms. The summed E-state index contributed by atoms with van der Waals surface area (Å²) < 4.78 is 16.4. The van der Waals surface area contributed by atoms with E-state index in [0.29, 0.717) is 31.8 Å². The molecule has 0 amide bonds. The van der Waals surface area contributed by atoms with Gasteiger partial charge in [0.05, 0.1) is 33.0 Å². The van der Waals surface area contributed by atoms with Crippen molar-refractivity contribution < 1.29 is 14.2 Å². The van der Waals surface area contributed by atoms with Gasteiger partial charge < -0.3 is 19.5 Å². The average molecular weight is 307 g/mol. The average Bonchev–Trinajstić information content (AvgIpc) is 2.44. The minimum atomic E-state index is 0.312. The lowest BCUT2D eigenvalue weighted by Gasteiger charge is -2.21. The van der Waals surface area contributed by atoms with E-state index in [1.807, 2.05) is 0 Å². The third-order valence-electron chi connectivity index (χ3n) is 2.99. The van der Waals surface area contributed by atoms with Crippen LogP contribution in [0.3, 0.4) is 0 Å². The molecular formula is C15H33NO3S. The predicted molar refractivity (Wildman–Crippen MR) is 87.9 cm³/mol. The Morgan fingerprint density at radius 1 is 0.900 bits per heavy atom. The summed E-state index contributed by atoms with van der Waals surface area (Å²) >= 11 is 4.34. The zero-order chi connectivity index (χ0) is 15.1. The van der Waals surface area contributed by atoms with Crippen molar-refractivity contribution in [2.45, 2.75) is 33.6 Å². The summed E-state index contributed by atoms with van der Waals surface area (Å²) in [4.78, 5) is 0. The number of hydrogen-bond donors (Lipinski definition) is 2. The van der Waals surface area contributed by atoms with Crippen LogP contribution in [0.15, 0.2) is 0 Å². The zero-order valence-electron chi connectivity index (χ0n) is 13.5. The molecule has 0 saturated heterocycles. The van der Waals surface area contributed by atoms with E-state index in [1.54, 1.807) is 0 Å². The maximum absolute atomic E-state index is 5.53. The highest BCUT2D eigenvalue weighted by Gasteiger charge is 2.14. The van der Waals surface area contributed by atoms with Gasteiger partial charge in [-0.3, -0.25) is 0 Å². The van der Waals surface area contributed by atoms with Crippen LogP contribution < -0.4 is 5.32 Å². The van der Waals surface area contributed by atoms with E-state index < -0.39 is 0 Å². The maximum Gasteiger partial charge on any atom is 0.0701 e. The van der Waals surface area contributed by atoms with Crippen LogP contribution in [-0.4, -0.2) is 58.5 Å². The van der Waals surface area contributed by atoms with Gasteiger partial charge in [0.15, 0.2) is 0 Å². The number of thiol groups is 1. The van der Waals surface area contributed by atoms with Gasteiger partial charge in [-0.2, -0.15) is 12.6 Å². The first-order valence-corrected chi connectivity index (χ1v) is 8.30. The molecule has 0 aliphatic rings. The Morgan fingerprint density at radius 2 is 1.45 bits per heavy atom. The van der Waals surface area contributed by atoms with Gasteiger partial charge in [-0.15, -0.1) is 0 Å². The molecule has 0 aliphatic carbocycles. The molecule has 0 atom stereocenters. The van der Waals surface area contributed by atoms with Crippen molar-refractivity contribution in [1.29, 1.82) is 0 Å². The molecule has 0 aromatic rings. The van der Waals surface area contributed by atoms with Gasteiger partial charge in [-0.25, -0.2) is 0 Å². The molecule has 0 aromatic carbocycles. The first-order chi connectivity index (χ1) is 9.62. The fourth-order valence-corrected chi connectivity index (χ4v) is 1.75. The molecule has 1 N–H and O–H groups in total. The van der Waals surface area contributed by atoms with E-state index in [-0.39, 0.29) is 0 Å². The van der Waals surface area contributed by atoms with Crippen LogP contribution in [0.1, 0.15) is 33.6 Å². The van der Waals surface area contributed by atoms with Crippen molar-refractivity contribution in [2.75, 3.05) is 58.5 Å². The number of rotatable bonds is 15. The van der Waals surface area contributed by atoms with Gasteiger partial charge in [0, 0.05) is 13.2 Å². The minimum absolute atomic E-state index is 0.312. The molecule has 0 heterocycles. The van der Waals surface area contributed by atoms with Gasteiger partial charge in [-0.05, 0) is 30.6 Å². The second-order valence-electron chi connectivity index (χ2n) is 5.62. The molecule has 0 aromatic heterocycles. The van der Waals surface area contributed by atoms with Crippen LogP contribution >= 0.6 is 12.6 Å². The summed E-state index contributed by atoms with van der Waals surface area (Å²) in [6.45, 7) is 12.6. The summed E-state index contributed by atoms with van der Waals surface area (Å²) in [6, 6.07) is 0. The fraction of sp³-hybridized carbons (Fsp3) is 1.00. The van der Waals surface area contributed by atoms with Crippen molar-refractivity contribution in [3.63, 3.8) is 0 Å². The molecule has 0 aliphatic heterocycles. The van der Waals surface area contributed by atoms with Gasteiger partial charge in [-0.1, -0.05) is 20.8 Å². The molecule has 4 nitrogen and oxygen atoms in total. The fourth-order valence-electron chi connectivity index (χ4n) is 1.59. The third kappa shape index (κ3) is 14.6. The highest BCUT2D eigenvalue weighted by Crippen LogP contribution is 2.23. The van der Waals surface area contributed by atoms with Crippen molar-refractivity contribution in [1.82, 2.24) is 5.32 Å². The summed E-state index contributed by atoms with van der Waals surface area (Å²) in [5.74, 6) is 0.921. The van der Waals surface area contributed by atoms with E-state index in [1.165, 1.54) is 0 Å².